The van der Waals surface area contributed by atoms with Gasteiger partial charge in [0, 0.05) is 31.9 Å². The summed E-state index contributed by atoms with van der Waals surface area (Å²) < 4.78 is 0. The van der Waals surface area contributed by atoms with Crippen molar-refractivity contribution in [3.63, 3.8) is 0 Å². The SMILES string of the molecule is Cc1cccc(N2CCN(C(=O)c3cncs3)CC2)c1. The van der Waals surface area contributed by atoms with E-state index in [4.69, 9.17) is 0 Å². The first kappa shape index (κ1) is 13.1. The third-order valence-corrected chi connectivity index (χ3v) is 4.34. The molecule has 20 heavy (non-hydrogen) atoms. The molecule has 3 rings (SSSR count). The van der Waals surface area contributed by atoms with E-state index < -0.39 is 0 Å². The van der Waals surface area contributed by atoms with Gasteiger partial charge in [0.1, 0.15) is 4.88 Å². The van der Waals surface area contributed by atoms with E-state index >= 15 is 0 Å². The highest BCUT2D eigenvalue weighted by molar-refractivity contribution is 7.11. The van der Waals surface area contributed by atoms with Crippen molar-refractivity contribution in [1.29, 1.82) is 0 Å². The Kier molecular flexibility index (Phi) is 3.69. The van der Waals surface area contributed by atoms with Gasteiger partial charge in [0.05, 0.1) is 11.7 Å². The maximum Gasteiger partial charge on any atom is 0.265 e. The molecule has 1 aliphatic rings. The highest BCUT2D eigenvalue weighted by atomic mass is 32.1. The Hall–Kier alpha value is -1.88. The topological polar surface area (TPSA) is 36.4 Å². The zero-order chi connectivity index (χ0) is 13.9. The minimum atomic E-state index is 0.108. The number of piperazine rings is 1. The van der Waals surface area contributed by atoms with Gasteiger partial charge in [-0.05, 0) is 24.6 Å². The second kappa shape index (κ2) is 5.63. The van der Waals surface area contributed by atoms with Crippen molar-refractivity contribution in [1.82, 2.24) is 9.88 Å². The molecule has 2 heterocycles. The van der Waals surface area contributed by atoms with Gasteiger partial charge in [-0.25, -0.2) is 0 Å². The van der Waals surface area contributed by atoms with Gasteiger partial charge in [-0.15, -0.1) is 11.3 Å². The van der Waals surface area contributed by atoms with Crippen molar-refractivity contribution in [2.24, 2.45) is 0 Å². The van der Waals surface area contributed by atoms with Gasteiger partial charge < -0.3 is 9.80 Å². The molecule has 4 nitrogen and oxygen atoms in total. The van der Waals surface area contributed by atoms with E-state index in [1.807, 2.05) is 4.90 Å². The number of anilines is 1. The van der Waals surface area contributed by atoms with Crippen LogP contribution in [0.25, 0.3) is 0 Å². The van der Waals surface area contributed by atoms with E-state index in [1.165, 1.54) is 22.6 Å². The van der Waals surface area contributed by atoms with Crippen LogP contribution < -0.4 is 4.90 Å². The molecule has 1 fully saturated rings. The largest absolute Gasteiger partial charge is 0.368 e. The maximum absolute atomic E-state index is 12.2. The normalized spacial score (nSPS) is 15.4. The van der Waals surface area contributed by atoms with E-state index in [9.17, 15) is 4.79 Å². The standard InChI is InChI=1S/C15H17N3OS/c1-12-3-2-4-13(9-12)17-5-7-18(8-6-17)15(19)14-10-16-11-20-14/h2-4,9-11H,5-8H2,1H3. The summed E-state index contributed by atoms with van der Waals surface area (Å²) in [6.45, 7) is 5.41. The summed E-state index contributed by atoms with van der Waals surface area (Å²) in [6.07, 6.45) is 1.65. The lowest BCUT2D eigenvalue weighted by Crippen LogP contribution is -2.48. The van der Waals surface area contributed by atoms with Crippen LogP contribution in [0.15, 0.2) is 36.0 Å². The lowest BCUT2D eigenvalue weighted by atomic mass is 10.2. The Morgan fingerprint density at radius 2 is 2.05 bits per heavy atom. The summed E-state index contributed by atoms with van der Waals surface area (Å²) in [7, 11) is 0. The zero-order valence-corrected chi connectivity index (χ0v) is 12.3. The third kappa shape index (κ3) is 2.67. The number of nitrogens with zero attached hydrogens (tertiary/aromatic N) is 3. The second-order valence-corrected chi connectivity index (χ2v) is 5.87. The highest BCUT2D eigenvalue weighted by Gasteiger charge is 2.23. The van der Waals surface area contributed by atoms with Crippen molar-refractivity contribution < 1.29 is 4.79 Å². The summed E-state index contributed by atoms with van der Waals surface area (Å²) >= 11 is 1.41. The molecule has 1 amide bonds. The van der Waals surface area contributed by atoms with Crippen LogP contribution in [0.1, 0.15) is 15.2 Å². The lowest BCUT2D eigenvalue weighted by molar-refractivity contribution is 0.0751. The van der Waals surface area contributed by atoms with Crippen LogP contribution in [0.5, 0.6) is 0 Å². The quantitative estimate of drug-likeness (QED) is 0.851. The molecule has 0 N–H and O–H groups in total. The van der Waals surface area contributed by atoms with Crippen LogP contribution in [0.4, 0.5) is 5.69 Å². The predicted octanol–water partition coefficient (Wildman–Crippen LogP) is 2.41. The Morgan fingerprint density at radius 3 is 2.70 bits per heavy atom. The van der Waals surface area contributed by atoms with E-state index in [0.29, 0.717) is 0 Å². The highest BCUT2D eigenvalue weighted by Crippen LogP contribution is 2.19. The average molecular weight is 287 g/mol. The fraction of sp³-hybridized carbons (Fsp3) is 0.333. The van der Waals surface area contributed by atoms with Gasteiger partial charge >= 0.3 is 0 Å². The van der Waals surface area contributed by atoms with E-state index in [-0.39, 0.29) is 5.91 Å². The van der Waals surface area contributed by atoms with Crippen molar-refractivity contribution in [2.45, 2.75) is 6.92 Å². The van der Waals surface area contributed by atoms with Crippen LogP contribution in [0.2, 0.25) is 0 Å². The first-order valence-electron chi connectivity index (χ1n) is 6.73. The first-order valence-corrected chi connectivity index (χ1v) is 7.61. The third-order valence-electron chi connectivity index (χ3n) is 3.58. The van der Waals surface area contributed by atoms with E-state index in [1.54, 1.807) is 11.7 Å². The average Bonchev–Trinajstić information content (AvgIpc) is 3.01. The van der Waals surface area contributed by atoms with Crippen LogP contribution in [-0.4, -0.2) is 42.0 Å². The minimum Gasteiger partial charge on any atom is -0.368 e. The molecule has 0 saturated carbocycles. The summed E-state index contributed by atoms with van der Waals surface area (Å²) in [5.74, 6) is 0.108. The molecule has 1 aromatic heterocycles. The molecule has 104 valence electrons. The molecular formula is C15H17N3OS. The number of thiazole rings is 1. The number of hydrogen-bond acceptors (Lipinski definition) is 4. The lowest BCUT2D eigenvalue weighted by Gasteiger charge is -2.36. The number of aryl methyl sites for hydroxylation is 1. The van der Waals surface area contributed by atoms with E-state index in [0.717, 1.165) is 31.1 Å². The Bertz CT molecular complexity index is 589. The molecule has 1 aliphatic heterocycles. The van der Waals surface area contributed by atoms with Crippen molar-refractivity contribution >= 4 is 22.9 Å². The molecule has 0 radical (unpaired) electrons. The number of benzene rings is 1. The Morgan fingerprint density at radius 1 is 1.25 bits per heavy atom. The predicted molar refractivity (Wildman–Crippen MR) is 81.4 cm³/mol. The molecule has 0 atom stereocenters. The van der Waals surface area contributed by atoms with Gasteiger partial charge in [-0.3, -0.25) is 9.78 Å². The molecule has 0 spiro atoms. The number of aromatic nitrogens is 1. The molecular weight excluding hydrogens is 270 g/mol. The molecule has 2 aromatic rings. The van der Waals surface area contributed by atoms with Gasteiger partial charge in [-0.2, -0.15) is 0 Å². The first-order chi connectivity index (χ1) is 9.74. The number of hydrogen-bond donors (Lipinski definition) is 0. The molecule has 0 bridgehead atoms. The van der Waals surface area contributed by atoms with Crippen LogP contribution in [-0.2, 0) is 0 Å². The molecule has 1 saturated heterocycles. The number of amides is 1. The fourth-order valence-corrected chi connectivity index (χ4v) is 3.06. The van der Waals surface area contributed by atoms with Gasteiger partial charge in [0.15, 0.2) is 0 Å². The summed E-state index contributed by atoms with van der Waals surface area (Å²) in [5, 5.41) is 0. The molecule has 5 heteroatoms. The monoisotopic (exact) mass is 287 g/mol. The molecule has 0 unspecified atom stereocenters. The second-order valence-electron chi connectivity index (χ2n) is 4.98. The Balaban J connectivity index is 1.64. The summed E-state index contributed by atoms with van der Waals surface area (Å²) in [5.41, 5.74) is 4.22. The van der Waals surface area contributed by atoms with Gasteiger partial charge in [-0.1, -0.05) is 12.1 Å². The van der Waals surface area contributed by atoms with Crippen LogP contribution in [0.3, 0.4) is 0 Å². The van der Waals surface area contributed by atoms with E-state index in [2.05, 4.69) is 41.1 Å². The minimum absolute atomic E-state index is 0.108. The number of rotatable bonds is 2. The van der Waals surface area contributed by atoms with Gasteiger partial charge in [0.25, 0.3) is 5.91 Å². The number of carbonyl (C=O) groups is 1. The van der Waals surface area contributed by atoms with Crippen molar-refractivity contribution in [2.75, 3.05) is 31.1 Å². The molecule has 1 aromatic carbocycles. The smallest absolute Gasteiger partial charge is 0.265 e. The maximum atomic E-state index is 12.2. The summed E-state index contributed by atoms with van der Waals surface area (Å²) in [4.78, 5) is 21.2. The van der Waals surface area contributed by atoms with Crippen molar-refractivity contribution in [3.05, 3.63) is 46.4 Å². The number of carbonyl (C=O) groups excluding carboxylic acids is 1. The van der Waals surface area contributed by atoms with Crippen LogP contribution >= 0.6 is 11.3 Å². The summed E-state index contributed by atoms with van der Waals surface area (Å²) in [6, 6.07) is 8.51. The van der Waals surface area contributed by atoms with Crippen LogP contribution in [0, 0.1) is 6.92 Å². The fourth-order valence-electron chi connectivity index (χ4n) is 2.47. The van der Waals surface area contributed by atoms with Gasteiger partial charge in [0.2, 0.25) is 0 Å². The zero-order valence-electron chi connectivity index (χ0n) is 11.5. The molecule has 0 aliphatic carbocycles. The van der Waals surface area contributed by atoms with Crippen molar-refractivity contribution in [3.8, 4) is 0 Å². The Labute approximate surface area is 122 Å².